The minimum atomic E-state index is -0.508. The summed E-state index contributed by atoms with van der Waals surface area (Å²) in [7, 11) is 1.74. The van der Waals surface area contributed by atoms with Gasteiger partial charge >= 0.3 is 0 Å². The lowest BCUT2D eigenvalue weighted by Crippen LogP contribution is -2.46. The van der Waals surface area contributed by atoms with Crippen molar-refractivity contribution in [1.82, 2.24) is 25.0 Å². The number of thiazole rings is 1. The maximum Gasteiger partial charge on any atom is 0.285 e. The van der Waals surface area contributed by atoms with E-state index in [4.69, 9.17) is 16.9 Å². The van der Waals surface area contributed by atoms with Crippen LogP contribution in [-0.4, -0.2) is 36.9 Å². The molecule has 0 aromatic carbocycles. The summed E-state index contributed by atoms with van der Waals surface area (Å²) in [5, 5.41) is 9.41. The largest absolute Gasteiger partial charge is 0.405 e. The minimum absolute atomic E-state index is 0.190. The number of nitrogens with one attached hydrogen (secondary N) is 2. The van der Waals surface area contributed by atoms with E-state index in [0.29, 0.717) is 29.4 Å². The normalized spacial score (nSPS) is 14.0. The Bertz CT molecular complexity index is 1190. The van der Waals surface area contributed by atoms with E-state index >= 15 is 0 Å². The summed E-state index contributed by atoms with van der Waals surface area (Å²) in [5.41, 5.74) is 16.3. The van der Waals surface area contributed by atoms with Crippen molar-refractivity contribution in [2.75, 3.05) is 5.73 Å². The number of amides is 1. The molecule has 0 bridgehead atoms. The Balaban J connectivity index is 1.67. The lowest BCUT2D eigenvalue weighted by molar-refractivity contribution is 0.0590. The second kappa shape index (κ2) is 7.11. The molecule has 11 heteroatoms. The van der Waals surface area contributed by atoms with Gasteiger partial charge in [0.15, 0.2) is 10.7 Å². The van der Waals surface area contributed by atoms with Crippen LogP contribution in [0.4, 0.5) is 5.82 Å². The Hall–Kier alpha value is -3.57. The molecule has 0 fully saturated rings. The van der Waals surface area contributed by atoms with Gasteiger partial charge in [0.1, 0.15) is 17.2 Å². The minimum Gasteiger partial charge on any atom is -0.405 e. The zero-order valence-electron chi connectivity index (χ0n) is 15.5. The molecule has 0 unspecified atom stereocenters. The first-order valence-electron chi connectivity index (χ1n) is 8.67. The number of pyridine rings is 1. The first-order chi connectivity index (χ1) is 13.9. The van der Waals surface area contributed by atoms with Crippen molar-refractivity contribution in [1.29, 1.82) is 5.41 Å². The number of aromatic nitrogens is 3. The van der Waals surface area contributed by atoms with Crippen LogP contribution < -0.4 is 16.9 Å². The molecule has 0 saturated carbocycles. The first kappa shape index (κ1) is 18.8. The number of nitrogen functional groups attached to an aromatic ring is 1. The summed E-state index contributed by atoms with van der Waals surface area (Å²) in [6, 6.07) is 5.27. The van der Waals surface area contributed by atoms with E-state index in [2.05, 4.69) is 15.4 Å². The van der Waals surface area contributed by atoms with Gasteiger partial charge in [0.25, 0.3) is 5.91 Å². The van der Waals surface area contributed by atoms with E-state index < -0.39 is 5.78 Å². The van der Waals surface area contributed by atoms with Crippen LogP contribution in [0.2, 0.25) is 0 Å². The average molecular weight is 410 g/mol. The third-order valence-corrected chi connectivity index (χ3v) is 5.67. The molecule has 0 radical (unpaired) electrons. The number of fused-ring (bicyclic) bond motifs is 3. The SMILES string of the molecule is Cn1c2c(c3sc(C(=O)C(=N)/C=C\N)nc31)CNN(Cc1cccc(N)n1)C2=O. The van der Waals surface area contributed by atoms with Gasteiger partial charge in [-0.15, -0.1) is 11.3 Å². The number of carbonyl (C=O) groups is 2. The lowest BCUT2D eigenvalue weighted by Gasteiger charge is -2.28. The van der Waals surface area contributed by atoms with E-state index in [1.807, 2.05) is 0 Å². The molecule has 0 atom stereocenters. The molecule has 3 aromatic heterocycles. The number of Topliss-reactive ketones (excluding diaryl/α,β-unsaturated/α-hetero) is 1. The summed E-state index contributed by atoms with van der Waals surface area (Å²) in [4.78, 5) is 34.0. The van der Waals surface area contributed by atoms with Gasteiger partial charge in [-0.3, -0.25) is 20.0 Å². The molecular formula is C18H18N8O2S. The van der Waals surface area contributed by atoms with Crippen molar-refractivity contribution < 1.29 is 9.59 Å². The molecule has 3 aromatic rings. The summed E-state index contributed by atoms with van der Waals surface area (Å²) in [5.74, 6) is -0.329. The molecule has 0 spiro atoms. The molecule has 1 aliphatic rings. The van der Waals surface area contributed by atoms with Gasteiger partial charge in [0.05, 0.1) is 16.9 Å². The molecule has 10 nitrogen and oxygen atoms in total. The number of anilines is 1. The number of nitrogens with two attached hydrogens (primary N) is 2. The van der Waals surface area contributed by atoms with Gasteiger partial charge < -0.3 is 16.0 Å². The van der Waals surface area contributed by atoms with Crippen molar-refractivity contribution >= 4 is 44.9 Å². The Morgan fingerprint density at radius 2 is 2.21 bits per heavy atom. The second-order valence-corrected chi connectivity index (χ2v) is 7.44. The molecule has 0 aliphatic carbocycles. The van der Waals surface area contributed by atoms with Gasteiger partial charge in [-0.1, -0.05) is 6.07 Å². The zero-order valence-corrected chi connectivity index (χ0v) is 16.3. The zero-order chi connectivity index (χ0) is 20.7. The highest BCUT2D eigenvalue weighted by atomic mass is 32.1. The van der Waals surface area contributed by atoms with Crippen molar-refractivity contribution in [3.63, 3.8) is 0 Å². The van der Waals surface area contributed by atoms with E-state index in [0.717, 1.165) is 16.5 Å². The predicted molar refractivity (Wildman–Crippen MR) is 109 cm³/mol. The maximum absolute atomic E-state index is 13.0. The van der Waals surface area contributed by atoms with Gasteiger partial charge in [-0.25, -0.2) is 15.4 Å². The van der Waals surface area contributed by atoms with Crippen molar-refractivity contribution in [2.24, 2.45) is 12.8 Å². The molecule has 148 valence electrons. The number of rotatable bonds is 5. The number of hydrogen-bond acceptors (Lipinski definition) is 9. The molecule has 4 heterocycles. The topological polar surface area (TPSA) is 156 Å². The summed E-state index contributed by atoms with van der Waals surface area (Å²) < 4.78 is 2.43. The highest BCUT2D eigenvalue weighted by molar-refractivity contribution is 7.21. The van der Waals surface area contributed by atoms with E-state index in [9.17, 15) is 9.59 Å². The number of nitrogens with zero attached hydrogens (tertiary/aromatic N) is 4. The molecule has 6 N–H and O–H groups in total. The molecule has 1 amide bonds. The molecular weight excluding hydrogens is 392 g/mol. The monoisotopic (exact) mass is 410 g/mol. The molecule has 1 aliphatic heterocycles. The highest BCUT2D eigenvalue weighted by Crippen LogP contribution is 2.33. The fraction of sp³-hybridized carbons (Fsp3) is 0.167. The Morgan fingerprint density at radius 1 is 1.41 bits per heavy atom. The average Bonchev–Trinajstić information content (AvgIpc) is 3.23. The first-order valence-corrected chi connectivity index (χ1v) is 9.48. The third kappa shape index (κ3) is 3.15. The van der Waals surface area contributed by atoms with Crippen LogP contribution in [0.15, 0.2) is 30.5 Å². The van der Waals surface area contributed by atoms with Crippen LogP contribution in [-0.2, 0) is 20.1 Å². The molecule has 4 rings (SSSR count). The molecule has 0 saturated heterocycles. The van der Waals surface area contributed by atoms with Gasteiger partial charge in [-0.2, -0.15) is 0 Å². The van der Waals surface area contributed by atoms with Gasteiger partial charge in [-0.05, 0) is 24.4 Å². The van der Waals surface area contributed by atoms with Crippen molar-refractivity contribution in [2.45, 2.75) is 13.1 Å². The van der Waals surface area contributed by atoms with Crippen LogP contribution >= 0.6 is 11.3 Å². The van der Waals surface area contributed by atoms with E-state index in [-0.39, 0.29) is 23.2 Å². The molecule has 29 heavy (non-hydrogen) atoms. The second-order valence-electron chi connectivity index (χ2n) is 6.44. The van der Waals surface area contributed by atoms with Crippen LogP contribution in [0.5, 0.6) is 0 Å². The standard InChI is InChI=1S/C18H18N8O2S/c1-25-13-10(15-16(25)24-17(29-15)14(27)11(20)5-6-19)7-22-26(18(13)28)8-9-3-2-4-12(21)23-9/h2-6,20,22H,7-8,19H2,1H3,(H2,21,23)/b6-5-,20-11?. The van der Waals surface area contributed by atoms with Crippen molar-refractivity contribution in [3.05, 3.63) is 52.4 Å². The van der Waals surface area contributed by atoms with E-state index in [1.54, 1.807) is 29.8 Å². The quantitative estimate of drug-likeness (QED) is 0.360. The van der Waals surface area contributed by atoms with Crippen LogP contribution in [0, 0.1) is 5.41 Å². The van der Waals surface area contributed by atoms with Crippen LogP contribution in [0.25, 0.3) is 10.3 Å². The number of aryl methyl sites for hydroxylation is 1. The predicted octanol–water partition coefficient (Wildman–Crippen LogP) is 0.947. The lowest BCUT2D eigenvalue weighted by atomic mass is 10.2. The summed E-state index contributed by atoms with van der Waals surface area (Å²) in [6.45, 7) is 0.665. The maximum atomic E-state index is 13.0. The Kier molecular flexibility index (Phi) is 4.60. The number of allylic oxidation sites excluding steroid dienone is 1. The van der Waals surface area contributed by atoms with Crippen LogP contribution in [0.3, 0.4) is 0 Å². The number of hydrazine groups is 1. The van der Waals surface area contributed by atoms with Gasteiger partial charge in [0, 0.05) is 19.2 Å². The highest BCUT2D eigenvalue weighted by Gasteiger charge is 2.32. The number of ketones is 1. The Labute approximate surface area is 169 Å². The van der Waals surface area contributed by atoms with Gasteiger partial charge in [0.2, 0.25) is 5.78 Å². The fourth-order valence-corrected chi connectivity index (χ4v) is 4.32. The third-order valence-electron chi connectivity index (χ3n) is 4.57. The Morgan fingerprint density at radius 3 is 2.93 bits per heavy atom. The number of hydrogen-bond donors (Lipinski definition) is 4. The fourth-order valence-electron chi connectivity index (χ4n) is 3.22. The summed E-state index contributed by atoms with van der Waals surface area (Å²) in [6.07, 6.45) is 2.36. The van der Waals surface area contributed by atoms with E-state index in [1.165, 1.54) is 22.4 Å². The number of carbonyl (C=O) groups excluding carboxylic acids is 2. The van der Waals surface area contributed by atoms with Crippen molar-refractivity contribution in [3.8, 4) is 0 Å². The summed E-state index contributed by atoms with van der Waals surface area (Å²) >= 11 is 1.17. The van der Waals surface area contributed by atoms with Crippen LogP contribution in [0.1, 0.15) is 31.5 Å². The smallest absolute Gasteiger partial charge is 0.285 e.